The molecule has 3 nitrogen and oxygen atoms in total. The standard InChI is InChI=1S/C24H30F2O3/c1-3-5-14-27-22-13-9-19(23(25)24(22)26)16-29-21-11-6-17(7-12-21)18-8-10-20(4-2)28-15-18/h6-7,9,11-13,18,20H,3-5,8,10,14-16H2,1-2H3. The summed E-state index contributed by atoms with van der Waals surface area (Å²) in [6, 6.07) is 10.8. The second-order valence-corrected chi connectivity index (χ2v) is 7.55. The smallest absolute Gasteiger partial charge is 0.201 e. The number of hydrogen-bond acceptors (Lipinski definition) is 3. The second kappa shape index (κ2) is 10.6. The third-order valence-corrected chi connectivity index (χ3v) is 5.45. The predicted octanol–water partition coefficient (Wildman–Crippen LogP) is 6.40. The molecule has 2 aromatic rings. The van der Waals surface area contributed by atoms with Crippen molar-refractivity contribution in [1.29, 1.82) is 0 Å². The maximum Gasteiger partial charge on any atom is 0.201 e. The van der Waals surface area contributed by atoms with Crippen molar-refractivity contribution in [3.8, 4) is 11.5 Å². The van der Waals surface area contributed by atoms with Crippen LogP contribution in [0.25, 0.3) is 0 Å². The van der Waals surface area contributed by atoms with Crippen LogP contribution in [-0.2, 0) is 11.3 Å². The summed E-state index contributed by atoms with van der Waals surface area (Å²) in [6.07, 6.45) is 5.38. The third-order valence-electron chi connectivity index (χ3n) is 5.45. The first kappa shape index (κ1) is 21.6. The Kier molecular flexibility index (Phi) is 7.87. The molecule has 29 heavy (non-hydrogen) atoms. The largest absolute Gasteiger partial charge is 0.490 e. The van der Waals surface area contributed by atoms with Crippen molar-refractivity contribution in [3.05, 3.63) is 59.2 Å². The van der Waals surface area contributed by atoms with E-state index in [1.807, 2.05) is 31.2 Å². The normalized spacial score (nSPS) is 19.2. The summed E-state index contributed by atoms with van der Waals surface area (Å²) in [5.41, 5.74) is 1.39. The molecule has 0 bridgehead atoms. The minimum Gasteiger partial charge on any atom is -0.490 e. The molecule has 1 fully saturated rings. The monoisotopic (exact) mass is 404 g/mol. The van der Waals surface area contributed by atoms with Gasteiger partial charge in [-0.25, -0.2) is 4.39 Å². The van der Waals surface area contributed by atoms with Gasteiger partial charge < -0.3 is 14.2 Å². The minimum atomic E-state index is -0.958. The molecule has 0 amide bonds. The molecular formula is C24H30F2O3. The first-order valence-corrected chi connectivity index (χ1v) is 10.6. The Hall–Kier alpha value is -2.14. The molecule has 3 rings (SSSR count). The van der Waals surface area contributed by atoms with E-state index in [1.54, 1.807) is 0 Å². The number of rotatable bonds is 9. The molecule has 0 saturated carbocycles. The van der Waals surface area contributed by atoms with Gasteiger partial charge in [0.2, 0.25) is 5.82 Å². The number of unbranched alkanes of at least 4 members (excludes halogenated alkanes) is 1. The average molecular weight is 404 g/mol. The Balaban J connectivity index is 1.55. The van der Waals surface area contributed by atoms with Crippen LogP contribution in [0.2, 0.25) is 0 Å². The van der Waals surface area contributed by atoms with Crippen LogP contribution in [0.5, 0.6) is 11.5 Å². The van der Waals surface area contributed by atoms with E-state index in [9.17, 15) is 8.78 Å². The fourth-order valence-corrected chi connectivity index (χ4v) is 3.51. The Morgan fingerprint density at radius 3 is 2.41 bits per heavy atom. The lowest BCUT2D eigenvalue weighted by Crippen LogP contribution is -2.23. The molecule has 0 radical (unpaired) electrons. The second-order valence-electron chi connectivity index (χ2n) is 7.55. The summed E-state index contributed by atoms with van der Waals surface area (Å²) in [5.74, 6) is -0.900. The van der Waals surface area contributed by atoms with E-state index in [-0.39, 0.29) is 17.9 Å². The average Bonchev–Trinajstić information content (AvgIpc) is 2.77. The van der Waals surface area contributed by atoms with Crippen LogP contribution in [0, 0.1) is 11.6 Å². The van der Waals surface area contributed by atoms with Gasteiger partial charge in [-0.15, -0.1) is 0 Å². The van der Waals surface area contributed by atoms with Crippen molar-refractivity contribution in [2.45, 2.75) is 64.6 Å². The predicted molar refractivity (Wildman–Crippen MR) is 110 cm³/mol. The molecule has 2 aromatic carbocycles. The summed E-state index contributed by atoms with van der Waals surface area (Å²) in [5, 5.41) is 0. The lowest BCUT2D eigenvalue weighted by molar-refractivity contribution is 0.00202. The highest BCUT2D eigenvalue weighted by atomic mass is 19.2. The van der Waals surface area contributed by atoms with E-state index >= 15 is 0 Å². The zero-order valence-electron chi connectivity index (χ0n) is 17.3. The van der Waals surface area contributed by atoms with E-state index < -0.39 is 11.6 Å². The van der Waals surface area contributed by atoms with E-state index in [1.165, 1.54) is 17.7 Å². The Morgan fingerprint density at radius 1 is 0.966 bits per heavy atom. The fourth-order valence-electron chi connectivity index (χ4n) is 3.51. The SMILES string of the molecule is CCCCOc1ccc(COc2ccc(C3CCC(CC)OC3)cc2)c(F)c1F. The highest BCUT2D eigenvalue weighted by molar-refractivity contribution is 5.33. The van der Waals surface area contributed by atoms with Crippen LogP contribution in [0.15, 0.2) is 36.4 Å². The van der Waals surface area contributed by atoms with Crippen LogP contribution >= 0.6 is 0 Å². The van der Waals surface area contributed by atoms with Crippen LogP contribution in [0.1, 0.15) is 63.0 Å². The Labute approximate surface area is 172 Å². The van der Waals surface area contributed by atoms with Crippen molar-refractivity contribution >= 4 is 0 Å². The fraction of sp³-hybridized carbons (Fsp3) is 0.500. The highest BCUT2D eigenvalue weighted by Gasteiger charge is 2.21. The molecule has 1 heterocycles. The number of ether oxygens (including phenoxy) is 3. The summed E-state index contributed by atoms with van der Waals surface area (Å²) >= 11 is 0. The van der Waals surface area contributed by atoms with Crippen molar-refractivity contribution in [1.82, 2.24) is 0 Å². The summed E-state index contributed by atoms with van der Waals surface area (Å²) in [4.78, 5) is 0. The van der Waals surface area contributed by atoms with Gasteiger partial charge in [-0.1, -0.05) is 32.4 Å². The van der Waals surface area contributed by atoms with Gasteiger partial charge in [-0.05, 0) is 55.5 Å². The lowest BCUT2D eigenvalue weighted by atomic mass is 9.91. The summed E-state index contributed by atoms with van der Waals surface area (Å²) in [7, 11) is 0. The molecule has 0 spiro atoms. The molecule has 2 atom stereocenters. The van der Waals surface area contributed by atoms with Crippen LogP contribution < -0.4 is 9.47 Å². The van der Waals surface area contributed by atoms with E-state index in [0.29, 0.717) is 24.4 Å². The summed E-state index contributed by atoms with van der Waals surface area (Å²) < 4.78 is 45.3. The van der Waals surface area contributed by atoms with Crippen LogP contribution in [0.3, 0.4) is 0 Å². The van der Waals surface area contributed by atoms with Crippen molar-refractivity contribution in [2.24, 2.45) is 0 Å². The van der Waals surface area contributed by atoms with Gasteiger partial charge in [0.1, 0.15) is 12.4 Å². The Bertz CT molecular complexity index is 768. The highest BCUT2D eigenvalue weighted by Crippen LogP contribution is 2.30. The number of halogens is 2. The lowest BCUT2D eigenvalue weighted by Gasteiger charge is -2.28. The topological polar surface area (TPSA) is 27.7 Å². The zero-order valence-corrected chi connectivity index (χ0v) is 17.3. The molecule has 1 saturated heterocycles. The van der Waals surface area contributed by atoms with Crippen LogP contribution in [-0.4, -0.2) is 19.3 Å². The first-order chi connectivity index (χ1) is 14.1. The van der Waals surface area contributed by atoms with Gasteiger partial charge in [0.25, 0.3) is 0 Å². The molecule has 0 aromatic heterocycles. The molecule has 0 N–H and O–H groups in total. The molecule has 1 aliphatic heterocycles. The summed E-state index contributed by atoms with van der Waals surface area (Å²) in [6.45, 7) is 5.24. The number of hydrogen-bond donors (Lipinski definition) is 0. The van der Waals surface area contributed by atoms with Gasteiger partial charge in [0.15, 0.2) is 11.6 Å². The van der Waals surface area contributed by atoms with Crippen molar-refractivity contribution in [2.75, 3.05) is 13.2 Å². The van der Waals surface area contributed by atoms with Crippen LogP contribution in [0.4, 0.5) is 8.78 Å². The minimum absolute atomic E-state index is 0.0396. The maximum absolute atomic E-state index is 14.3. The maximum atomic E-state index is 14.3. The van der Waals surface area contributed by atoms with Gasteiger partial charge in [0, 0.05) is 11.5 Å². The van der Waals surface area contributed by atoms with Gasteiger partial charge in [0.05, 0.1) is 19.3 Å². The van der Waals surface area contributed by atoms with Gasteiger partial charge in [-0.2, -0.15) is 4.39 Å². The molecule has 5 heteroatoms. The van der Waals surface area contributed by atoms with E-state index in [4.69, 9.17) is 14.2 Å². The number of benzene rings is 2. The third kappa shape index (κ3) is 5.69. The zero-order chi connectivity index (χ0) is 20.6. The molecule has 2 unspecified atom stereocenters. The molecule has 0 aliphatic carbocycles. The Morgan fingerprint density at radius 2 is 1.76 bits per heavy atom. The van der Waals surface area contributed by atoms with Crippen molar-refractivity contribution < 1.29 is 23.0 Å². The molecule has 1 aliphatic rings. The quantitative estimate of drug-likeness (QED) is 0.453. The molecular weight excluding hydrogens is 374 g/mol. The van der Waals surface area contributed by atoms with Gasteiger partial charge in [-0.3, -0.25) is 0 Å². The molecule has 158 valence electrons. The van der Waals surface area contributed by atoms with E-state index in [0.717, 1.165) is 38.7 Å². The van der Waals surface area contributed by atoms with Crippen molar-refractivity contribution in [3.63, 3.8) is 0 Å². The van der Waals surface area contributed by atoms with Gasteiger partial charge >= 0.3 is 0 Å². The van der Waals surface area contributed by atoms with E-state index in [2.05, 4.69) is 6.92 Å². The first-order valence-electron chi connectivity index (χ1n) is 10.6.